The first-order valence-electron chi connectivity index (χ1n) is 10.7. The molecule has 0 N–H and O–H groups in total. The molecule has 8 nitrogen and oxygen atoms in total. The lowest BCUT2D eigenvalue weighted by atomic mass is 9.91. The molecule has 184 valence electrons. The first-order chi connectivity index (χ1) is 16.6. The standard InChI is InChI=1S/C25H29BrO8/c1-28-16-12-18(29-2)22-17(14-27)24(33-9-7-6-8-26)23(34-19(22)13-16)15-10-20(30-3)25(32-5)21(11-15)31-4/h10-14,17H,6-9H2,1-5H3. The van der Waals surface area contributed by atoms with Crippen molar-refractivity contribution in [3.63, 3.8) is 0 Å². The van der Waals surface area contributed by atoms with Crippen molar-refractivity contribution in [2.75, 3.05) is 47.5 Å². The van der Waals surface area contributed by atoms with Crippen molar-refractivity contribution in [2.24, 2.45) is 0 Å². The maximum atomic E-state index is 12.4. The third-order valence-corrected chi connectivity index (χ3v) is 5.97. The fraction of sp³-hybridized carbons (Fsp3) is 0.400. The fourth-order valence-corrected chi connectivity index (χ4v) is 4.16. The summed E-state index contributed by atoms with van der Waals surface area (Å²) in [5.74, 6) is 2.79. The van der Waals surface area contributed by atoms with E-state index < -0.39 is 5.92 Å². The molecule has 3 rings (SSSR count). The summed E-state index contributed by atoms with van der Waals surface area (Å²) < 4.78 is 40.0. The highest BCUT2D eigenvalue weighted by molar-refractivity contribution is 9.09. The molecular formula is C25H29BrO8. The molecule has 34 heavy (non-hydrogen) atoms. The van der Waals surface area contributed by atoms with Crippen LogP contribution in [0.3, 0.4) is 0 Å². The molecule has 1 aliphatic rings. The van der Waals surface area contributed by atoms with Crippen LogP contribution in [0.4, 0.5) is 0 Å². The summed E-state index contributed by atoms with van der Waals surface area (Å²) in [6.45, 7) is 0.413. The van der Waals surface area contributed by atoms with Crippen LogP contribution in [-0.4, -0.2) is 53.8 Å². The molecule has 0 amide bonds. The first-order valence-corrected chi connectivity index (χ1v) is 11.8. The number of fused-ring (bicyclic) bond motifs is 1. The molecular weight excluding hydrogens is 508 g/mol. The molecule has 1 heterocycles. The predicted octanol–water partition coefficient (Wildman–Crippen LogP) is 4.97. The predicted molar refractivity (Wildman–Crippen MR) is 131 cm³/mol. The second-order valence-electron chi connectivity index (χ2n) is 7.31. The normalized spacial score (nSPS) is 14.6. The zero-order valence-corrected chi connectivity index (χ0v) is 21.5. The van der Waals surface area contributed by atoms with E-state index in [1.807, 2.05) is 0 Å². The molecule has 0 spiro atoms. The molecule has 1 atom stereocenters. The van der Waals surface area contributed by atoms with E-state index in [-0.39, 0.29) is 0 Å². The van der Waals surface area contributed by atoms with Crippen molar-refractivity contribution >= 4 is 28.0 Å². The van der Waals surface area contributed by atoms with Gasteiger partial charge >= 0.3 is 0 Å². The van der Waals surface area contributed by atoms with Crippen LogP contribution in [0.15, 0.2) is 30.0 Å². The number of hydrogen-bond acceptors (Lipinski definition) is 8. The van der Waals surface area contributed by atoms with Crippen LogP contribution >= 0.6 is 15.9 Å². The third kappa shape index (κ3) is 5.04. The number of allylic oxidation sites excluding steroid dienone is 1. The molecule has 0 aromatic heterocycles. The lowest BCUT2D eigenvalue weighted by molar-refractivity contribution is -0.109. The average molecular weight is 537 g/mol. The number of aldehydes is 1. The minimum absolute atomic E-state index is 0.373. The van der Waals surface area contributed by atoms with Crippen molar-refractivity contribution < 1.29 is 38.0 Å². The van der Waals surface area contributed by atoms with Crippen LogP contribution in [0.1, 0.15) is 29.9 Å². The molecule has 2 aromatic rings. The van der Waals surface area contributed by atoms with Gasteiger partial charge < -0.3 is 38.0 Å². The summed E-state index contributed by atoms with van der Waals surface area (Å²) in [6.07, 6.45) is 2.56. The molecule has 1 unspecified atom stereocenters. The van der Waals surface area contributed by atoms with Gasteiger partial charge in [0, 0.05) is 23.0 Å². The Kier molecular flexibility index (Phi) is 8.92. The molecule has 0 aliphatic carbocycles. The van der Waals surface area contributed by atoms with Gasteiger partial charge in [0.1, 0.15) is 29.5 Å². The van der Waals surface area contributed by atoms with E-state index in [1.54, 1.807) is 31.4 Å². The summed E-state index contributed by atoms with van der Waals surface area (Å²) in [6, 6.07) is 6.94. The van der Waals surface area contributed by atoms with Gasteiger partial charge in [0.25, 0.3) is 0 Å². The molecule has 0 radical (unpaired) electrons. The Balaban J connectivity index is 2.23. The number of benzene rings is 2. The molecule has 0 bridgehead atoms. The summed E-state index contributed by atoms with van der Waals surface area (Å²) in [5, 5.41) is 0.860. The molecule has 2 aromatic carbocycles. The van der Waals surface area contributed by atoms with Gasteiger partial charge in [-0.1, -0.05) is 15.9 Å². The summed E-state index contributed by atoms with van der Waals surface area (Å²) in [4.78, 5) is 12.4. The number of ether oxygens (including phenoxy) is 7. The Bertz CT molecular complexity index is 1020. The Hall–Kier alpha value is -3.07. The summed E-state index contributed by atoms with van der Waals surface area (Å²) >= 11 is 3.43. The van der Waals surface area contributed by atoms with Crippen molar-refractivity contribution in [3.8, 4) is 34.5 Å². The van der Waals surface area contributed by atoms with Gasteiger partial charge in [-0.25, -0.2) is 0 Å². The molecule has 0 saturated heterocycles. The smallest absolute Gasteiger partial charge is 0.203 e. The lowest BCUT2D eigenvalue weighted by Crippen LogP contribution is -2.20. The molecule has 9 heteroatoms. The number of halogens is 1. The van der Waals surface area contributed by atoms with Crippen LogP contribution in [0.5, 0.6) is 34.5 Å². The van der Waals surface area contributed by atoms with Crippen molar-refractivity contribution in [1.82, 2.24) is 0 Å². The SMILES string of the molecule is COc1cc(OC)c2c(c1)OC(c1cc(OC)c(OC)c(OC)c1)=C(OCCCCBr)C2C=O. The topological polar surface area (TPSA) is 81.7 Å². The highest BCUT2D eigenvalue weighted by atomic mass is 79.9. The van der Waals surface area contributed by atoms with Gasteiger partial charge in [-0.2, -0.15) is 0 Å². The Labute approximate surface area is 207 Å². The van der Waals surface area contributed by atoms with Gasteiger partial charge in [-0.05, 0) is 25.0 Å². The van der Waals surface area contributed by atoms with E-state index in [1.165, 1.54) is 28.4 Å². The summed E-state index contributed by atoms with van der Waals surface area (Å²) in [5.41, 5.74) is 1.18. The zero-order chi connectivity index (χ0) is 24.7. The Morgan fingerprint density at radius 3 is 2.09 bits per heavy atom. The molecule has 1 aliphatic heterocycles. The lowest BCUT2D eigenvalue weighted by Gasteiger charge is -2.30. The molecule has 0 saturated carbocycles. The van der Waals surface area contributed by atoms with E-state index in [0.29, 0.717) is 63.7 Å². The van der Waals surface area contributed by atoms with Gasteiger partial charge in [-0.3, -0.25) is 0 Å². The van der Waals surface area contributed by atoms with E-state index in [9.17, 15) is 4.79 Å². The van der Waals surface area contributed by atoms with Crippen molar-refractivity contribution in [2.45, 2.75) is 18.8 Å². The quantitative estimate of drug-likeness (QED) is 0.214. The minimum atomic E-state index is -0.748. The van der Waals surface area contributed by atoms with Crippen LogP contribution in [-0.2, 0) is 9.53 Å². The number of rotatable bonds is 12. The second-order valence-corrected chi connectivity index (χ2v) is 8.10. The number of methoxy groups -OCH3 is 5. The number of alkyl halides is 1. The van der Waals surface area contributed by atoms with Crippen LogP contribution < -0.4 is 28.4 Å². The maximum Gasteiger partial charge on any atom is 0.203 e. The van der Waals surface area contributed by atoms with Crippen LogP contribution in [0.2, 0.25) is 0 Å². The third-order valence-electron chi connectivity index (χ3n) is 5.41. The number of unbranched alkanes of at least 4 members (excludes halogenated alkanes) is 1. The Morgan fingerprint density at radius 1 is 0.882 bits per heavy atom. The molecule has 0 fully saturated rings. The van der Waals surface area contributed by atoms with Gasteiger partial charge in [0.2, 0.25) is 5.75 Å². The maximum absolute atomic E-state index is 12.4. The van der Waals surface area contributed by atoms with E-state index in [0.717, 1.165) is 24.5 Å². The largest absolute Gasteiger partial charge is 0.496 e. The highest BCUT2D eigenvalue weighted by Gasteiger charge is 2.36. The van der Waals surface area contributed by atoms with Crippen molar-refractivity contribution in [3.05, 3.63) is 41.2 Å². The number of carbonyl (C=O) groups excluding carboxylic acids is 1. The summed E-state index contributed by atoms with van der Waals surface area (Å²) in [7, 11) is 7.69. The van der Waals surface area contributed by atoms with Crippen LogP contribution in [0, 0.1) is 0 Å². The monoisotopic (exact) mass is 536 g/mol. The zero-order valence-electron chi connectivity index (χ0n) is 19.9. The van der Waals surface area contributed by atoms with E-state index in [4.69, 9.17) is 33.2 Å². The second kappa shape index (κ2) is 11.9. The minimum Gasteiger partial charge on any atom is -0.496 e. The number of hydrogen-bond donors (Lipinski definition) is 0. The first kappa shape index (κ1) is 25.6. The van der Waals surface area contributed by atoms with Gasteiger partial charge in [0.05, 0.1) is 47.7 Å². The Morgan fingerprint density at radius 2 is 1.56 bits per heavy atom. The van der Waals surface area contributed by atoms with Gasteiger partial charge in [0.15, 0.2) is 23.0 Å². The highest BCUT2D eigenvalue weighted by Crippen LogP contribution is 2.49. The fourth-order valence-electron chi connectivity index (χ4n) is 3.76. The number of carbonyl (C=O) groups is 1. The van der Waals surface area contributed by atoms with Crippen molar-refractivity contribution in [1.29, 1.82) is 0 Å². The van der Waals surface area contributed by atoms with E-state index in [2.05, 4.69) is 15.9 Å². The van der Waals surface area contributed by atoms with E-state index >= 15 is 0 Å². The average Bonchev–Trinajstić information content (AvgIpc) is 2.88. The van der Waals surface area contributed by atoms with Crippen LogP contribution in [0.25, 0.3) is 5.76 Å². The van der Waals surface area contributed by atoms with Gasteiger partial charge in [-0.15, -0.1) is 0 Å².